The molecular weight excluding hydrogens is 520 g/mol. The minimum absolute atomic E-state index is 0.0251. The van der Waals surface area contributed by atoms with Gasteiger partial charge in [0.05, 0.1) is 42.1 Å². The van der Waals surface area contributed by atoms with Gasteiger partial charge in [-0.25, -0.2) is 0 Å². The molecule has 0 radical (unpaired) electrons. The van der Waals surface area contributed by atoms with Crippen LogP contribution in [0, 0.1) is 23.7 Å². The van der Waals surface area contributed by atoms with Gasteiger partial charge in [-0.1, -0.05) is 32.9 Å². The van der Waals surface area contributed by atoms with E-state index in [9.17, 15) is 20.2 Å². The van der Waals surface area contributed by atoms with Crippen LogP contribution in [0.2, 0.25) is 0 Å². The molecule has 0 amide bonds. The molecule has 3 fully saturated rings. The quantitative estimate of drug-likeness (QED) is 0.262. The number of aliphatic hydroxyl groups excluding tert-OH is 1. The Kier molecular flexibility index (Phi) is 11.0. The van der Waals surface area contributed by atoms with Crippen molar-refractivity contribution in [2.45, 2.75) is 128 Å². The number of ether oxygens (including phenoxy) is 5. The van der Waals surface area contributed by atoms with Crippen molar-refractivity contribution >= 4 is 11.7 Å². The van der Waals surface area contributed by atoms with Crippen molar-refractivity contribution in [2.75, 3.05) is 21.2 Å². The van der Waals surface area contributed by atoms with E-state index in [-0.39, 0.29) is 36.5 Å². The molecule has 0 spiro atoms. The van der Waals surface area contributed by atoms with E-state index in [0.717, 1.165) is 6.42 Å². The summed E-state index contributed by atoms with van der Waals surface area (Å²) >= 11 is 0. The normalized spacial score (nSPS) is 48.7. The van der Waals surface area contributed by atoms with Gasteiger partial charge in [-0.15, -0.1) is 0 Å². The first-order valence-corrected chi connectivity index (χ1v) is 14.7. The molecule has 232 valence electrons. The number of hydrogen-bond acceptors (Lipinski definition) is 11. The van der Waals surface area contributed by atoms with Gasteiger partial charge in [-0.05, 0) is 54.1 Å². The molecule has 3 rings (SSSR count). The fourth-order valence-electron chi connectivity index (χ4n) is 6.99. The first-order chi connectivity index (χ1) is 18.7. The summed E-state index contributed by atoms with van der Waals surface area (Å²) in [5, 5.41) is 36.4. The largest absolute Gasteiger partial charge is 0.459 e. The summed E-state index contributed by atoms with van der Waals surface area (Å²) in [5.41, 5.74) is -1.48. The van der Waals surface area contributed by atoms with Gasteiger partial charge in [-0.3, -0.25) is 4.79 Å². The van der Waals surface area contributed by atoms with E-state index in [1.165, 1.54) is 6.92 Å². The first kappa shape index (κ1) is 33.2. The predicted octanol–water partition coefficient (Wildman–Crippen LogP) is 2.43. The van der Waals surface area contributed by atoms with Crippen LogP contribution >= 0.6 is 0 Å². The average molecular weight is 573 g/mol. The van der Waals surface area contributed by atoms with Crippen molar-refractivity contribution in [3.05, 3.63) is 0 Å². The first-order valence-electron chi connectivity index (χ1n) is 14.7. The van der Waals surface area contributed by atoms with Crippen LogP contribution < -0.4 is 0 Å². The Labute approximate surface area is 239 Å². The van der Waals surface area contributed by atoms with Gasteiger partial charge in [0, 0.05) is 30.9 Å². The Balaban J connectivity index is 2.07. The van der Waals surface area contributed by atoms with Gasteiger partial charge in [0.15, 0.2) is 6.29 Å². The summed E-state index contributed by atoms with van der Waals surface area (Å²) < 4.78 is 31.4. The van der Waals surface area contributed by atoms with Crippen molar-refractivity contribution in [3.8, 4) is 0 Å². The van der Waals surface area contributed by atoms with E-state index in [4.69, 9.17) is 23.7 Å². The van der Waals surface area contributed by atoms with Gasteiger partial charge >= 0.3 is 5.97 Å². The maximum absolute atomic E-state index is 13.4. The molecule has 0 aromatic heterocycles. The lowest BCUT2D eigenvalue weighted by molar-refractivity contribution is -0.349. The lowest BCUT2D eigenvalue weighted by Gasteiger charge is -2.52. The fraction of sp³-hybridized carbons (Fsp3) is 0.931. The maximum Gasteiger partial charge on any atom is 0.311 e. The average Bonchev–Trinajstić information content (AvgIpc) is 2.90. The number of carbonyl (C=O) groups excluding carboxylic acids is 1. The van der Waals surface area contributed by atoms with Crippen molar-refractivity contribution < 1.29 is 43.9 Å². The minimum Gasteiger partial charge on any atom is -0.459 e. The number of aliphatic hydroxyl groups is 2. The Morgan fingerprint density at radius 3 is 2.25 bits per heavy atom. The van der Waals surface area contributed by atoms with Crippen LogP contribution in [-0.4, -0.2) is 114 Å². The second-order valence-electron chi connectivity index (χ2n) is 12.6. The Morgan fingerprint density at radius 1 is 1.05 bits per heavy atom. The van der Waals surface area contributed by atoms with Gasteiger partial charge in [-0.2, -0.15) is 0 Å². The molecule has 14 atom stereocenters. The molecule has 3 saturated heterocycles. The molecule has 11 nitrogen and oxygen atoms in total. The number of hydrogen-bond donors (Lipinski definition) is 3. The molecular formula is C29H52N2O9. The third-order valence-electron chi connectivity index (χ3n) is 9.44. The molecule has 3 aliphatic heterocycles. The van der Waals surface area contributed by atoms with E-state index in [2.05, 4.69) is 10.1 Å². The van der Waals surface area contributed by atoms with Gasteiger partial charge < -0.3 is 44.0 Å². The number of likely N-dealkylation sites (N-methyl/N-ethyl adjacent to an activating group) is 1. The Bertz CT molecular complexity index is 884. The van der Waals surface area contributed by atoms with E-state index < -0.39 is 60.2 Å². The summed E-state index contributed by atoms with van der Waals surface area (Å²) in [6.45, 7) is 12.6. The highest BCUT2D eigenvalue weighted by atomic mass is 16.7. The van der Waals surface area contributed by atoms with E-state index in [1.807, 2.05) is 34.9 Å². The lowest BCUT2D eigenvalue weighted by atomic mass is 9.76. The number of rotatable bonds is 3. The molecule has 0 aliphatic carbocycles. The third kappa shape index (κ3) is 6.50. The van der Waals surface area contributed by atoms with Crippen LogP contribution in [0.25, 0.3) is 0 Å². The summed E-state index contributed by atoms with van der Waals surface area (Å²) in [7, 11) is 5.57. The number of cyclic esters (lactones) is 1. The fourth-order valence-corrected chi connectivity index (χ4v) is 6.99. The highest BCUT2D eigenvalue weighted by molar-refractivity contribution is 5.88. The molecule has 0 saturated carbocycles. The van der Waals surface area contributed by atoms with Crippen LogP contribution in [0.4, 0.5) is 0 Å². The van der Waals surface area contributed by atoms with Crippen LogP contribution in [0.15, 0.2) is 5.16 Å². The number of fused-ring (bicyclic) bond motifs is 2. The van der Waals surface area contributed by atoms with Gasteiger partial charge in [0.1, 0.15) is 17.8 Å². The molecule has 2 unspecified atom stereocenters. The summed E-state index contributed by atoms with van der Waals surface area (Å²) in [4.78, 5) is 15.5. The highest BCUT2D eigenvalue weighted by Gasteiger charge is 2.52. The lowest BCUT2D eigenvalue weighted by Crippen LogP contribution is -2.64. The van der Waals surface area contributed by atoms with Crippen LogP contribution in [0.5, 0.6) is 0 Å². The molecule has 11 heteroatoms. The zero-order valence-electron chi connectivity index (χ0n) is 25.8. The molecule has 3 aliphatic rings. The second-order valence-corrected chi connectivity index (χ2v) is 12.6. The number of methoxy groups -OCH3 is 1. The number of oxime groups is 1. The van der Waals surface area contributed by atoms with Crippen LogP contribution in [0.1, 0.15) is 67.7 Å². The standard InChI is InChI=1S/C29H52N2O9/c1-11-21-29(7,34)26(32)16(4)22(30-35)14(2)12-20-24(17(5)23(36-10)18(6)27(33)39-21)40-28-25(38-20)19(31(8)9)13-15(3)37-28/h14-21,23-26,28,32,34-35H,11-13H2,1-10H3/b30-22+/t14-,15?,16+,17+,18?,19+,20-,21-,23+,24-,25-,26-,28+,29-/m1/s1. The second kappa shape index (κ2) is 13.3. The Hall–Kier alpha value is -1.34. The van der Waals surface area contributed by atoms with Crippen LogP contribution in [0.3, 0.4) is 0 Å². The molecule has 0 aromatic rings. The summed E-state index contributed by atoms with van der Waals surface area (Å²) in [6.07, 6.45) is -3.43. The minimum atomic E-state index is -1.80. The smallest absolute Gasteiger partial charge is 0.311 e. The monoisotopic (exact) mass is 572 g/mol. The molecule has 3 heterocycles. The summed E-state index contributed by atoms with van der Waals surface area (Å²) in [6, 6.07) is 0.0633. The Morgan fingerprint density at radius 2 is 1.70 bits per heavy atom. The molecule has 40 heavy (non-hydrogen) atoms. The van der Waals surface area contributed by atoms with E-state index in [1.54, 1.807) is 27.9 Å². The molecule has 0 bridgehead atoms. The zero-order chi connectivity index (χ0) is 30.1. The van der Waals surface area contributed by atoms with E-state index >= 15 is 0 Å². The topological polar surface area (TPSA) is 140 Å². The SMILES string of the molecule is CC[C@H]1OC(=O)C(C)[C@@H](OC)[C@H](C)[C@H]2O[C@@H]3OC(C)C[C@H](N(C)C)[C@H]3O[C@@H]2C[C@@H](C)/C(=N\O)[C@H](C)[C@@H](O)[C@]1(C)O. The van der Waals surface area contributed by atoms with E-state index in [0.29, 0.717) is 12.1 Å². The van der Waals surface area contributed by atoms with Crippen molar-refractivity contribution in [3.63, 3.8) is 0 Å². The predicted molar refractivity (Wildman–Crippen MR) is 148 cm³/mol. The summed E-state index contributed by atoms with van der Waals surface area (Å²) in [5.74, 6) is -2.64. The third-order valence-corrected chi connectivity index (χ3v) is 9.44. The molecule has 3 N–H and O–H groups in total. The maximum atomic E-state index is 13.4. The van der Waals surface area contributed by atoms with Crippen molar-refractivity contribution in [1.29, 1.82) is 0 Å². The molecule has 0 aromatic carbocycles. The zero-order valence-corrected chi connectivity index (χ0v) is 25.8. The number of esters is 1. The van der Waals surface area contributed by atoms with Gasteiger partial charge in [0.2, 0.25) is 0 Å². The number of carbonyl (C=O) groups is 1. The van der Waals surface area contributed by atoms with Crippen LogP contribution in [-0.2, 0) is 28.5 Å². The van der Waals surface area contributed by atoms with Crippen molar-refractivity contribution in [2.24, 2.45) is 28.8 Å². The van der Waals surface area contributed by atoms with Crippen molar-refractivity contribution in [1.82, 2.24) is 4.90 Å². The number of nitrogens with zero attached hydrogens (tertiary/aromatic N) is 2. The highest BCUT2D eigenvalue weighted by Crippen LogP contribution is 2.40. The van der Waals surface area contributed by atoms with Gasteiger partial charge in [0.25, 0.3) is 0 Å².